The number of carbonyl (C=O) groups excluding carboxylic acids is 1. The largest absolute Gasteiger partial charge is 0.506 e. The van der Waals surface area contributed by atoms with Crippen LogP contribution in [0, 0.1) is 5.92 Å². The van der Waals surface area contributed by atoms with Crippen molar-refractivity contribution in [2.45, 2.75) is 51.8 Å². The van der Waals surface area contributed by atoms with Crippen LogP contribution in [0.15, 0.2) is 11.1 Å². The summed E-state index contributed by atoms with van der Waals surface area (Å²) < 4.78 is 26.1. The summed E-state index contributed by atoms with van der Waals surface area (Å²) in [5.41, 5.74) is -0.702. The van der Waals surface area contributed by atoms with Crippen molar-refractivity contribution in [1.82, 2.24) is 19.5 Å². The van der Waals surface area contributed by atoms with Crippen molar-refractivity contribution in [3.05, 3.63) is 16.7 Å². The summed E-state index contributed by atoms with van der Waals surface area (Å²) in [4.78, 5) is 45.6. The number of carboxylic acid groups (broad SMARTS) is 1. The molecule has 1 saturated heterocycles. The van der Waals surface area contributed by atoms with Gasteiger partial charge < -0.3 is 14.6 Å². The fourth-order valence-electron chi connectivity index (χ4n) is 2.92. The number of hydrogen-bond acceptors (Lipinski definition) is 7. The second kappa shape index (κ2) is 7.54. The summed E-state index contributed by atoms with van der Waals surface area (Å²) in [6.45, 7) is 5.03. The molecule has 1 fully saturated rings. The Kier molecular flexibility index (Phi) is 5.31. The average molecular weight is 397 g/mol. The number of carbonyl (C=O) groups is 2. The third-order valence-corrected chi connectivity index (χ3v) is 4.38. The minimum atomic E-state index is -1.70. The molecule has 4 atom stereocenters. The van der Waals surface area contributed by atoms with E-state index < -0.39 is 36.3 Å². The topological polar surface area (TPSA) is 148 Å². The van der Waals surface area contributed by atoms with Crippen molar-refractivity contribution in [1.29, 1.82) is 0 Å². The fraction of sp³-hybridized carbons (Fsp3) is 0.562. The van der Waals surface area contributed by atoms with Gasteiger partial charge in [0, 0.05) is 5.92 Å². The maximum atomic E-state index is 14.6. The lowest BCUT2D eigenvalue weighted by atomic mass is 10.1. The minimum absolute atomic E-state index is 0.00394. The monoisotopic (exact) mass is 397 g/mol. The molecule has 1 aliphatic heterocycles. The van der Waals surface area contributed by atoms with Gasteiger partial charge in [0.1, 0.15) is 0 Å². The molecule has 0 spiro atoms. The Morgan fingerprint density at radius 2 is 2.21 bits per heavy atom. The quantitative estimate of drug-likeness (QED) is 0.642. The average Bonchev–Trinajstić information content (AvgIpc) is 3.16. The molecule has 12 heteroatoms. The molecule has 0 unspecified atom stereocenters. The first-order valence-corrected chi connectivity index (χ1v) is 8.69. The Bertz CT molecular complexity index is 957. The van der Waals surface area contributed by atoms with E-state index in [1.165, 1.54) is 10.9 Å². The fourth-order valence-corrected chi connectivity index (χ4v) is 2.92. The van der Waals surface area contributed by atoms with E-state index in [2.05, 4.69) is 25.0 Å². The predicted molar refractivity (Wildman–Crippen MR) is 93.6 cm³/mol. The molecule has 0 saturated carbocycles. The van der Waals surface area contributed by atoms with Crippen LogP contribution < -0.4 is 10.9 Å². The van der Waals surface area contributed by atoms with E-state index in [1.807, 2.05) is 0 Å². The Labute approximate surface area is 157 Å². The summed E-state index contributed by atoms with van der Waals surface area (Å²) in [5.74, 6) is -0.835. The first-order valence-electron chi connectivity index (χ1n) is 8.69. The van der Waals surface area contributed by atoms with Gasteiger partial charge in [-0.05, 0) is 6.42 Å². The number of hydrogen-bond donors (Lipinski definition) is 3. The third kappa shape index (κ3) is 3.54. The third-order valence-electron chi connectivity index (χ3n) is 4.38. The number of H-pyrrole nitrogens is 1. The standard InChI is InChI=1S/C16H20FN5O6/c1-4-7-8(17)10(28-16(25)26)14(27-7)22-5-18-9-11(22)19-15(21-13(9)24)20-12(23)6(2)3/h5-8,10,14H,4H2,1-3H3,(H,25,26)(H2,19,20,21,23,24)/t7-,8-,10-,14-/m1/s1. The van der Waals surface area contributed by atoms with Gasteiger partial charge in [0.15, 0.2) is 29.7 Å². The molecule has 3 rings (SSSR count). The molecule has 3 heterocycles. The van der Waals surface area contributed by atoms with Gasteiger partial charge in [0.25, 0.3) is 5.56 Å². The highest BCUT2D eigenvalue weighted by Gasteiger charge is 2.48. The van der Waals surface area contributed by atoms with Crippen molar-refractivity contribution >= 4 is 29.2 Å². The highest BCUT2D eigenvalue weighted by Crippen LogP contribution is 2.36. The second-order valence-corrected chi connectivity index (χ2v) is 6.65. The molecule has 2 aromatic heterocycles. The number of aromatic nitrogens is 4. The second-order valence-electron chi connectivity index (χ2n) is 6.65. The van der Waals surface area contributed by atoms with E-state index >= 15 is 0 Å². The van der Waals surface area contributed by atoms with Gasteiger partial charge in [0.05, 0.1) is 12.4 Å². The lowest BCUT2D eigenvalue weighted by Gasteiger charge is -2.19. The Balaban J connectivity index is 2.04. The molecule has 1 amide bonds. The number of halogens is 1. The van der Waals surface area contributed by atoms with E-state index in [-0.39, 0.29) is 35.4 Å². The normalized spacial score (nSPS) is 24.6. The summed E-state index contributed by atoms with van der Waals surface area (Å²) in [7, 11) is 0. The van der Waals surface area contributed by atoms with Gasteiger partial charge in [-0.1, -0.05) is 20.8 Å². The van der Waals surface area contributed by atoms with Gasteiger partial charge in [-0.3, -0.25) is 24.5 Å². The number of rotatable bonds is 5. The SMILES string of the molecule is CC[C@H]1O[C@@H](n2cnc3c(=O)[nH]c(NC(=O)C(C)C)nc32)[C@H](OC(=O)O)[C@@H]1F. The van der Waals surface area contributed by atoms with Crippen LogP contribution in [0.1, 0.15) is 33.4 Å². The first-order chi connectivity index (χ1) is 13.2. The number of imidazole rings is 1. The van der Waals surface area contributed by atoms with Gasteiger partial charge in [-0.2, -0.15) is 4.98 Å². The van der Waals surface area contributed by atoms with Crippen molar-refractivity contribution < 1.29 is 28.6 Å². The first kappa shape index (κ1) is 19.7. The number of nitrogens with one attached hydrogen (secondary N) is 2. The highest BCUT2D eigenvalue weighted by molar-refractivity contribution is 5.91. The van der Waals surface area contributed by atoms with Crippen LogP contribution in [0.3, 0.4) is 0 Å². The minimum Gasteiger partial charge on any atom is -0.450 e. The lowest BCUT2D eigenvalue weighted by Crippen LogP contribution is -2.32. The maximum Gasteiger partial charge on any atom is 0.506 e. The highest BCUT2D eigenvalue weighted by atomic mass is 19.1. The van der Waals surface area contributed by atoms with Crippen molar-refractivity contribution in [3.8, 4) is 0 Å². The van der Waals surface area contributed by atoms with Crippen LogP contribution in [-0.4, -0.2) is 55.1 Å². The number of amides is 1. The molecular weight excluding hydrogens is 377 g/mol. The van der Waals surface area contributed by atoms with E-state index in [9.17, 15) is 18.8 Å². The summed E-state index contributed by atoms with van der Waals surface area (Å²) >= 11 is 0. The van der Waals surface area contributed by atoms with E-state index in [0.29, 0.717) is 0 Å². The van der Waals surface area contributed by atoms with Crippen LogP contribution in [0.5, 0.6) is 0 Å². The molecule has 0 aromatic carbocycles. The Morgan fingerprint density at radius 3 is 2.82 bits per heavy atom. The molecule has 0 bridgehead atoms. The zero-order chi connectivity index (χ0) is 20.6. The van der Waals surface area contributed by atoms with E-state index in [1.54, 1.807) is 20.8 Å². The predicted octanol–water partition coefficient (Wildman–Crippen LogP) is 1.42. The van der Waals surface area contributed by atoms with Crippen molar-refractivity contribution in [2.24, 2.45) is 5.92 Å². The van der Waals surface area contributed by atoms with Crippen LogP contribution in [0.25, 0.3) is 11.2 Å². The molecule has 2 aromatic rings. The number of nitrogens with zero attached hydrogens (tertiary/aromatic N) is 3. The summed E-state index contributed by atoms with van der Waals surface area (Å²) in [5, 5.41) is 11.4. The van der Waals surface area contributed by atoms with Gasteiger partial charge in [0.2, 0.25) is 11.9 Å². The van der Waals surface area contributed by atoms with Gasteiger partial charge in [-0.15, -0.1) is 0 Å². The van der Waals surface area contributed by atoms with Crippen LogP contribution in [0.2, 0.25) is 0 Å². The van der Waals surface area contributed by atoms with Crippen LogP contribution in [-0.2, 0) is 14.3 Å². The zero-order valence-corrected chi connectivity index (χ0v) is 15.4. The molecular formula is C16H20FN5O6. The van der Waals surface area contributed by atoms with Gasteiger partial charge >= 0.3 is 6.16 Å². The number of alkyl halides is 1. The van der Waals surface area contributed by atoms with Crippen LogP contribution in [0.4, 0.5) is 15.1 Å². The smallest absolute Gasteiger partial charge is 0.450 e. The number of aromatic amines is 1. The number of anilines is 1. The molecule has 11 nitrogen and oxygen atoms in total. The van der Waals surface area contributed by atoms with E-state index in [4.69, 9.17) is 9.84 Å². The molecule has 28 heavy (non-hydrogen) atoms. The summed E-state index contributed by atoms with van der Waals surface area (Å²) in [6, 6.07) is 0. The molecule has 0 aliphatic carbocycles. The Hall–Kier alpha value is -3.02. The van der Waals surface area contributed by atoms with Crippen LogP contribution >= 0.6 is 0 Å². The maximum absolute atomic E-state index is 14.6. The van der Waals surface area contributed by atoms with E-state index in [0.717, 1.165) is 0 Å². The molecule has 3 N–H and O–H groups in total. The van der Waals surface area contributed by atoms with Crippen molar-refractivity contribution in [3.63, 3.8) is 0 Å². The van der Waals surface area contributed by atoms with Gasteiger partial charge in [-0.25, -0.2) is 14.2 Å². The Morgan fingerprint density at radius 1 is 1.50 bits per heavy atom. The molecule has 0 radical (unpaired) electrons. The number of ether oxygens (including phenoxy) is 2. The molecule has 152 valence electrons. The zero-order valence-electron chi connectivity index (χ0n) is 15.4. The summed E-state index contributed by atoms with van der Waals surface area (Å²) in [6.07, 6.45) is -5.45. The molecule has 1 aliphatic rings. The number of fused-ring (bicyclic) bond motifs is 1. The van der Waals surface area contributed by atoms with Crippen molar-refractivity contribution in [2.75, 3.05) is 5.32 Å². The lowest BCUT2D eigenvalue weighted by molar-refractivity contribution is -0.118.